The van der Waals surface area contributed by atoms with Crippen LogP contribution in [-0.4, -0.2) is 34.9 Å². The number of aromatic nitrogens is 2. The minimum absolute atomic E-state index is 0.0558. The fourth-order valence-corrected chi connectivity index (χ4v) is 3.30. The molecule has 1 unspecified atom stereocenters. The number of hydrogen-bond acceptors (Lipinski definition) is 3. The molecule has 1 fully saturated rings. The quantitative estimate of drug-likeness (QED) is 0.918. The van der Waals surface area contributed by atoms with Gasteiger partial charge in [0.2, 0.25) is 0 Å². The Morgan fingerprint density at radius 3 is 2.83 bits per heavy atom. The van der Waals surface area contributed by atoms with Gasteiger partial charge in [-0.1, -0.05) is 25.1 Å². The van der Waals surface area contributed by atoms with Gasteiger partial charge in [0, 0.05) is 13.2 Å². The maximum Gasteiger partial charge on any atom is 0.255 e. The van der Waals surface area contributed by atoms with Crippen molar-refractivity contribution in [2.45, 2.75) is 46.1 Å². The van der Waals surface area contributed by atoms with Crippen LogP contribution < -0.4 is 5.32 Å². The summed E-state index contributed by atoms with van der Waals surface area (Å²) < 4.78 is 7.49. The van der Waals surface area contributed by atoms with Crippen molar-refractivity contribution in [1.82, 2.24) is 15.1 Å². The number of ether oxygens (including phenoxy) is 1. The highest BCUT2D eigenvalue weighted by Crippen LogP contribution is 2.22. The van der Waals surface area contributed by atoms with Gasteiger partial charge >= 0.3 is 0 Å². The van der Waals surface area contributed by atoms with Gasteiger partial charge in [0.05, 0.1) is 28.7 Å². The predicted molar refractivity (Wildman–Crippen MR) is 93.7 cm³/mol. The first-order valence-corrected chi connectivity index (χ1v) is 8.66. The lowest BCUT2D eigenvalue weighted by Gasteiger charge is -2.12. The van der Waals surface area contributed by atoms with E-state index in [2.05, 4.69) is 30.3 Å². The van der Waals surface area contributed by atoms with Gasteiger partial charge in [0.1, 0.15) is 0 Å². The molecule has 0 saturated carbocycles. The number of benzene rings is 1. The molecule has 1 amide bonds. The molecule has 1 N–H and O–H groups in total. The summed E-state index contributed by atoms with van der Waals surface area (Å²) in [7, 11) is 0. The third-order valence-corrected chi connectivity index (χ3v) is 4.58. The molecule has 1 atom stereocenters. The van der Waals surface area contributed by atoms with E-state index in [0.29, 0.717) is 12.1 Å². The van der Waals surface area contributed by atoms with Crippen LogP contribution >= 0.6 is 0 Å². The molecule has 0 spiro atoms. The van der Waals surface area contributed by atoms with Gasteiger partial charge in [-0.3, -0.25) is 4.79 Å². The Balaban J connectivity index is 1.88. The summed E-state index contributed by atoms with van der Waals surface area (Å²) in [5, 5.41) is 7.66. The Morgan fingerprint density at radius 1 is 1.38 bits per heavy atom. The van der Waals surface area contributed by atoms with E-state index in [0.717, 1.165) is 48.5 Å². The molecule has 1 aromatic carbocycles. The molecule has 5 nitrogen and oxygen atoms in total. The SMILES string of the molecule is CCc1c(C(=O)NCC2CCCO2)c(C)nn1-c1ccccc1C. The van der Waals surface area contributed by atoms with Crippen LogP contribution in [0.25, 0.3) is 5.69 Å². The van der Waals surface area contributed by atoms with Gasteiger partial charge in [-0.25, -0.2) is 4.68 Å². The summed E-state index contributed by atoms with van der Waals surface area (Å²) in [6.45, 7) is 7.38. The number of amides is 1. The Hall–Kier alpha value is -2.14. The molecule has 1 aliphatic heterocycles. The lowest BCUT2D eigenvalue weighted by molar-refractivity contribution is 0.0856. The smallest absolute Gasteiger partial charge is 0.255 e. The molecule has 2 aromatic rings. The number of rotatable bonds is 5. The fraction of sp³-hybridized carbons (Fsp3) is 0.474. The van der Waals surface area contributed by atoms with Gasteiger partial charge in [-0.2, -0.15) is 5.10 Å². The molecular formula is C19H25N3O2. The Bertz CT molecular complexity index is 730. The molecule has 24 heavy (non-hydrogen) atoms. The lowest BCUT2D eigenvalue weighted by Crippen LogP contribution is -2.32. The van der Waals surface area contributed by atoms with Crippen LogP contribution in [0.5, 0.6) is 0 Å². The number of hydrogen-bond donors (Lipinski definition) is 1. The van der Waals surface area contributed by atoms with E-state index in [4.69, 9.17) is 4.74 Å². The monoisotopic (exact) mass is 327 g/mol. The number of nitrogens with zero attached hydrogens (tertiary/aromatic N) is 2. The molecule has 1 saturated heterocycles. The van der Waals surface area contributed by atoms with Gasteiger partial charge in [0.25, 0.3) is 5.91 Å². The predicted octanol–water partition coefficient (Wildman–Crippen LogP) is 2.96. The standard InChI is InChI=1S/C19H25N3O2/c1-4-16-18(19(23)20-12-15-9-7-11-24-15)14(3)21-22(16)17-10-6-5-8-13(17)2/h5-6,8,10,15H,4,7,9,11-12H2,1-3H3,(H,20,23). The molecule has 1 aromatic heterocycles. The van der Waals surface area contributed by atoms with Gasteiger partial charge < -0.3 is 10.1 Å². The topological polar surface area (TPSA) is 56.1 Å². The van der Waals surface area contributed by atoms with Gasteiger partial charge in [-0.15, -0.1) is 0 Å². The number of carbonyl (C=O) groups excluding carboxylic acids is 1. The number of nitrogens with one attached hydrogen (secondary N) is 1. The van der Waals surface area contributed by atoms with E-state index in [1.54, 1.807) is 0 Å². The Morgan fingerprint density at radius 2 is 2.17 bits per heavy atom. The van der Waals surface area contributed by atoms with E-state index < -0.39 is 0 Å². The highest BCUT2D eigenvalue weighted by Gasteiger charge is 2.23. The van der Waals surface area contributed by atoms with Gasteiger partial charge in [0.15, 0.2) is 0 Å². The Kier molecular flexibility index (Phi) is 5.00. The Labute approximate surface area is 143 Å². The average Bonchev–Trinajstić information content (AvgIpc) is 3.20. The van der Waals surface area contributed by atoms with E-state index in [1.807, 2.05) is 29.8 Å². The summed E-state index contributed by atoms with van der Waals surface area (Å²) in [6, 6.07) is 8.10. The van der Waals surface area contributed by atoms with E-state index >= 15 is 0 Å². The minimum Gasteiger partial charge on any atom is -0.376 e. The van der Waals surface area contributed by atoms with Crippen molar-refractivity contribution in [3.63, 3.8) is 0 Å². The molecule has 3 rings (SSSR count). The molecule has 0 bridgehead atoms. The number of aryl methyl sites for hydroxylation is 2. The first-order chi connectivity index (χ1) is 11.6. The van der Waals surface area contributed by atoms with E-state index in [1.165, 1.54) is 0 Å². The van der Waals surface area contributed by atoms with Crippen molar-refractivity contribution >= 4 is 5.91 Å². The zero-order chi connectivity index (χ0) is 17.1. The van der Waals surface area contributed by atoms with Crippen molar-refractivity contribution < 1.29 is 9.53 Å². The maximum atomic E-state index is 12.7. The average molecular weight is 327 g/mol. The molecule has 2 heterocycles. The van der Waals surface area contributed by atoms with Crippen LogP contribution in [0.4, 0.5) is 0 Å². The second kappa shape index (κ2) is 7.18. The molecule has 0 aliphatic carbocycles. The summed E-state index contributed by atoms with van der Waals surface area (Å²) in [5.41, 5.74) is 4.57. The second-order valence-electron chi connectivity index (χ2n) is 6.30. The van der Waals surface area contributed by atoms with Crippen molar-refractivity contribution in [2.75, 3.05) is 13.2 Å². The molecule has 5 heteroatoms. The van der Waals surface area contributed by atoms with Crippen LogP contribution in [0, 0.1) is 13.8 Å². The first-order valence-electron chi connectivity index (χ1n) is 8.66. The highest BCUT2D eigenvalue weighted by molar-refractivity contribution is 5.96. The zero-order valence-electron chi connectivity index (χ0n) is 14.6. The van der Waals surface area contributed by atoms with Crippen LogP contribution in [0.1, 0.15) is 47.1 Å². The first kappa shape index (κ1) is 16.7. The van der Waals surface area contributed by atoms with Crippen LogP contribution in [0.15, 0.2) is 24.3 Å². The minimum atomic E-state index is -0.0558. The molecule has 0 radical (unpaired) electrons. The van der Waals surface area contributed by atoms with Crippen molar-refractivity contribution in [2.24, 2.45) is 0 Å². The molecule has 1 aliphatic rings. The van der Waals surface area contributed by atoms with Crippen molar-refractivity contribution in [1.29, 1.82) is 0 Å². The summed E-state index contributed by atoms with van der Waals surface area (Å²) in [6.07, 6.45) is 2.98. The van der Waals surface area contributed by atoms with Crippen LogP contribution in [0.3, 0.4) is 0 Å². The molecule has 128 valence electrons. The third kappa shape index (κ3) is 3.22. The number of para-hydroxylation sites is 1. The normalized spacial score (nSPS) is 17.2. The van der Waals surface area contributed by atoms with Crippen molar-refractivity contribution in [3.05, 3.63) is 46.8 Å². The highest BCUT2D eigenvalue weighted by atomic mass is 16.5. The fourth-order valence-electron chi connectivity index (χ4n) is 3.30. The van der Waals surface area contributed by atoms with E-state index in [9.17, 15) is 4.79 Å². The largest absolute Gasteiger partial charge is 0.376 e. The third-order valence-electron chi connectivity index (χ3n) is 4.58. The maximum absolute atomic E-state index is 12.7. The van der Waals surface area contributed by atoms with Gasteiger partial charge in [-0.05, 0) is 44.7 Å². The summed E-state index contributed by atoms with van der Waals surface area (Å²) >= 11 is 0. The second-order valence-corrected chi connectivity index (χ2v) is 6.30. The lowest BCUT2D eigenvalue weighted by atomic mass is 10.1. The summed E-state index contributed by atoms with van der Waals surface area (Å²) in [5.74, 6) is -0.0558. The number of carbonyl (C=O) groups is 1. The van der Waals surface area contributed by atoms with Crippen LogP contribution in [-0.2, 0) is 11.2 Å². The van der Waals surface area contributed by atoms with Crippen molar-refractivity contribution in [3.8, 4) is 5.69 Å². The summed E-state index contributed by atoms with van der Waals surface area (Å²) in [4.78, 5) is 12.7. The molecular weight excluding hydrogens is 302 g/mol. The zero-order valence-corrected chi connectivity index (χ0v) is 14.6. The van der Waals surface area contributed by atoms with E-state index in [-0.39, 0.29) is 12.0 Å². The van der Waals surface area contributed by atoms with Crippen LogP contribution in [0.2, 0.25) is 0 Å².